The average Bonchev–Trinajstić information content (AvgIpc) is 1.95. The predicted octanol–water partition coefficient (Wildman–Crippen LogP) is 3.03. The highest BCUT2D eigenvalue weighted by atomic mass is 35.5. The van der Waals surface area contributed by atoms with Crippen molar-refractivity contribution in [1.29, 1.82) is 0 Å². The Labute approximate surface area is 76.7 Å². The van der Waals surface area contributed by atoms with Crippen LogP contribution in [0.3, 0.4) is 0 Å². The van der Waals surface area contributed by atoms with Crippen molar-refractivity contribution in [2.45, 2.75) is 11.8 Å². The van der Waals surface area contributed by atoms with E-state index < -0.39 is 0 Å². The number of hydrogen-bond acceptors (Lipinski definition) is 2. The van der Waals surface area contributed by atoms with Crippen molar-refractivity contribution in [1.82, 2.24) is 0 Å². The molecule has 0 radical (unpaired) electrons. The van der Waals surface area contributed by atoms with Crippen LogP contribution in [0, 0.1) is 0 Å². The van der Waals surface area contributed by atoms with Crippen LogP contribution in [0.2, 0.25) is 5.02 Å². The summed E-state index contributed by atoms with van der Waals surface area (Å²) >= 11 is 9.96. The van der Waals surface area contributed by atoms with E-state index in [-0.39, 0.29) is 0 Å². The van der Waals surface area contributed by atoms with Crippen LogP contribution in [-0.2, 0) is 0 Å². The van der Waals surface area contributed by atoms with Crippen LogP contribution in [0.4, 0.5) is 0 Å². The van der Waals surface area contributed by atoms with E-state index in [1.807, 2.05) is 19.1 Å². The summed E-state index contributed by atoms with van der Waals surface area (Å²) in [4.78, 5) is 0.846. The van der Waals surface area contributed by atoms with Gasteiger partial charge in [0.1, 0.15) is 5.75 Å². The third kappa shape index (κ3) is 2.31. The first-order chi connectivity index (χ1) is 5.24. The number of thiol groups is 1. The van der Waals surface area contributed by atoms with Crippen molar-refractivity contribution in [3.05, 3.63) is 23.2 Å². The highest BCUT2D eigenvalue weighted by Gasteiger charge is 1.99. The van der Waals surface area contributed by atoms with Crippen LogP contribution in [0.25, 0.3) is 0 Å². The molecule has 1 aromatic carbocycles. The normalized spacial score (nSPS) is 9.73. The van der Waals surface area contributed by atoms with Crippen LogP contribution in [0.5, 0.6) is 5.75 Å². The monoisotopic (exact) mass is 188 g/mol. The first-order valence-electron chi connectivity index (χ1n) is 3.35. The van der Waals surface area contributed by atoms with E-state index in [1.54, 1.807) is 6.07 Å². The highest BCUT2D eigenvalue weighted by molar-refractivity contribution is 7.80. The van der Waals surface area contributed by atoms with Gasteiger partial charge >= 0.3 is 0 Å². The Kier molecular flexibility index (Phi) is 3.09. The van der Waals surface area contributed by atoms with Crippen molar-refractivity contribution in [2.24, 2.45) is 0 Å². The summed E-state index contributed by atoms with van der Waals surface area (Å²) < 4.78 is 5.23. The second-order valence-corrected chi connectivity index (χ2v) is 2.97. The fourth-order valence-electron chi connectivity index (χ4n) is 0.762. The quantitative estimate of drug-likeness (QED) is 0.702. The van der Waals surface area contributed by atoms with E-state index in [4.69, 9.17) is 16.3 Å². The molecular formula is C8H9ClOS. The second-order valence-electron chi connectivity index (χ2n) is 2.05. The molecule has 11 heavy (non-hydrogen) atoms. The van der Waals surface area contributed by atoms with Gasteiger partial charge in [-0.05, 0) is 25.1 Å². The standard InChI is InChI=1S/C8H9ClOS/c1-2-10-8-4-3-6(11)5-7(8)9/h3-5,11H,2H2,1H3. The Balaban J connectivity index is 2.90. The summed E-state index contributed by atoms with van der Waals surface area (Å²) in [5.74, 6) is 0.715. The number of ether oxygens (including phenoxy) is 1. The molecule has 0 fully saturated rings. The van der Waals surface area contributed by atoms with E-state index in [1.165, 1.54) is 0 Å². The molecule has 0 bridgehead atoms. The molecule has 0 saturated carbocycles. The van der Waals surface area contributed by atoms with Gasteiger partial charge in [-0.25, -0.2) is 0 Å². The molecule has 0 heterocycles. The fourth-order valence-corrected chi connectivity index (χ4v) is 1.28. The molecular weight excluding hydrogens is 180 g/mol. The molecule has 0 atom stereocenters. The van der Waals surface area contributed by atoms with E-state index in [0.717, 1.165) is 4.90 Å². The summed E-state index contributed by atoms with van der Waals surface area (Å²) in [5, 5.41) is 0.611. The highest BCUT2D eigenvalue weighted by Crippen LogP contribution is 2.26. The Morgan fingerprint density at radius 2 is 2.27 bits per heavy atom. The number of hydrogen-bond donors (Lipinski definition) is 1. The molecule has 0 unspecified atom stereocenters. The lowest BCUT2D eigenvalue weighted by molar-refractivity contribution is 0.340. The summed E-state index contributed by atoms with van der Waals surface area (Å²) in [7, 11) is 0. The van der Waals surface area contributed by atoms with E-state index in [0.29, 0.717) is 17.4 Å². The topological polar surface area (TPSA) is 9.23 Å². The summed E-state index contributed by atoms with van der Waals surface area (Å²) in [5.41, 5.74) is 0. The molecule has 0 aliphatic carbocycles. The van der Waals surface area contributed by atoms with Crippen molar-refractivity contribution >= 4 is 24.2 Å². The first kappa shape index (κ1) is 8.75. The molecule has 0 spiro atoms. The molecule has 0 aromatic heterocycles. The van der Waals surface area contributed by atoms with E-state index in [9.17, 15) is 0 Å². The van der Waals surface area contributed by atoms with Gasteiger partial charge in [0.25, 0.3) is 0 Å². The number of benzene rings is 1. The third-order valence-corrected chi connectivity index (χ3v) is 1.79. The summed E-state index contributed by atoms with van der Waals surface area (Å²) in [6.45, 7) is 2.55. The van der Waals surface area contributed by atoms with Gasteiger partial charge in [-0.3, -0.25) is 0 Å². The van der Waals surface area contributed by atoms with Crippen molar-refractivity contribution in [3.63, 3.8) is 0 Å². The van der Waals surface area contributed by atoms with E-state index >= 15 is 0 Å². The maximum atomic E-state index is 5.83. The number of rotatable bonds is 2. The zero-order valence-electron chi connectivity index (χ0n) is 6.17. The third-order valence-electron chi connectivity index (χ3n) is 1.22. The minimum atomic E-state index is 0.611. The lowest BCUT2D eigenvalue weighted by Crippen LogP contribution is -1.91. The maximum Gasteiger partial charge on any atom is 0.137 e. The molecule has 0 amide bonds. The largest absolute Gasteiger partial charge is 0.492 e. The van der Waals surface area contributed by atoms with Gasteiger partial charge < -0.3 is 4.74 Å². The molecule has 60 valence electrons. The lowest BCUT2D eigenvalue weighted by atomic mass is 10.3. The minimum Gasteiger partial charge on any atom is -0.492 e. The van der Waals surface area contributed by atoms with Gasteiger partial charge in [0.05, 0.1) is 11.6 Å². The SMILES string of the molecule is CCOc1ccc(S)cc1Cl. The van der Waals surface area contributed by atoms with Gasteiger partial charge in [-0.2, -0.15) is 0 Å². The summed E-state index contributed by atoms with van der Waals surface area (Å²) in [6.07, 6.45) is 0. The molecule has 0 saturated heterocycles. The molecule has 0 aliphatic heterocycles. The minimum absolute atomic E-state index is 0.611. The Morgan fingerprint density at radius 3 is 2.82 bits per heavy atom. The van der Waals surface area contributed by atoms with Gasteiger partial charge in [0.15, 0.2) is 0 Å². The molecule has 1 rings (SSSR count). The predicted molar refractivity (Wildman–Crippen MR) is 49.9 cm³/mol. The van der Waals surface area contributed by atoms with Gasteiger partial charge in [0, 0.05) is 4.90 Å². The lowest BCUT2D eigenvalue weighted by Gasteiger charge is -2.04. The molecule has 1 aromatic rings. The zero-order valence-corrected chi connectivity index (χ0v) is 7.82. The van der Waals surface area contributed by atoms with Gasteiger partial charge in [0.2, 0.25) is 0 Å². The zero-order chi connectivity index (χ0) is 8.27. The van der Waals surface area contributed by atoms with Gasteiger partial charge in [-0.15, -0.1) is 12.6 Å². The van der Waals surface area contributed by atoms with Crippen LogP contribution >= 0.6 is 24.2 Å². The van der Waals surface area contributed by atoms with Crippen LogP contribution in [0.15, 0.2) is 23.1 Å². The van der Waals surface area contributed by atoms with Gasteiger partial charge in [-0.1, -0.05) is 11.6 Å². The number of halogens is 1. The van der Waals surface area contributed by atoms with Crippen molar-refractivity contribution < 1.29 is 4.74 Å². The Bertz CT molecular complexity index is 250. The first-order valence-corrected chi connectivity index (χ1v) is 4.18. The molecule has 1 nitrogen and oxygen atoms in total. The van der Waals surface area contributed by atoms with Crippen LogP contribution in [-0.4, -0.2) is 6.61 Å². The molecule has 0 aliphatic rings. The maximum absolute atomic E-state index is 5.83. The fraction of sp³-hybridized carbons (Fsp3) is 0.250. The van der Waals surface area contributed by atoms with Crippen molar-refractivity contribution in [2.75, 3.05) is 6.61 Å². The Hall–Kier alpha value is -0.340. The van der Waals surface area contributed by atoms with Crippen LogP contribution in [0.1, 0.15) is 6.92 Å². The van der Waals surface area contributed by atoms with Crippen molar-refractivity contribution in [3.8, 4) is 5.75 Å². The van der Waals surface area contributed by atoms with E-state index in [2.05, 4.69) is 12.6 Å². The second kappa shape index (κ2) is 3.88. The molecule has 3 heteroatoms. The Morgan fingerprint density at radius 1 is 1.55 bits per heavy atom. The summed E-state index contributed by atoms with van der Waals surface area (Å²) in [6, 6.07) is 5.42. The molecule has 0 N–H and O–H groups in total. The smallest absolute Gasteiger partial charge is 0.137 e. The average molecular weight is 189 g/mol. The van der Waals surface area contributed by atoms with Crippen LogP contribution < -0.4 is 4.74 Å².